The van der Waals surface area contributed by atoms with Crippen LogP contribution in [0.4, 0.5) is 0 Å². The number of fused-ring (bicyclic) bond motifs is 1. The van der Waals surface area contributed by atoms with E-state index in [1.54, 1.807) is 4.52 Å². The van der Waals surface area contributed by atoms with E-state index in [1.165, 1.54) is 0 Å². The van der Waals surface area contributed by atoms with Crippen LogP contribution in [0, 0.1) is 19.3 Å². The second kappa shape index (κ2) is 4.77. The first-order valence-corrected chi connectivity index (χ1v) is 6.56. The van der Waals surface area contributed by atoms with Gasteiger partial charge in [-0.1, -0.05) is 20.8 Å². The molecule has 0 spiro atoms. The minimum Gasteiger partial charge on any atom is -0.351 e. The zero-order valence-corrected chi connectivity index (χ0v) is 12.5. The number of aryl methyl sites for hydroxylation is 2. The summed E-state index contributed by atoms with van der Waals surface area (Å²) in [6.07, 6.45) is 0. The molecule has 0 aliphatic carbocycles. The van der Waals surface area contributed by atoms with E-state index in [9.17, 15) is 9.59 Å². The number of rotatable bonds is 2. The summed E-state index contributed by atoms with van der Waals surface area (Å²) in [6, 6.07) is 1.89. The Labute approximate surface area is 117 Å². The average Bonchev–Trinajstić information content (AvgIpc) is 2.62. The highest BCUT2D eigenvalue weighted by atomic mass is 16.2. The number of H-pyrrole nitrogens is 1. The van der Waals surface area contributed by atoms with Crippen molar-refractivity contribution < 1.29 is 4.79 Å². The van der Waals surface area contributed by atoms with E-state index in [0.29, 0.717) is 11.2 Å². The summed E-state index contributed by atoms with van der Waals surface area (Å²) in [5.41, 5.74) is 2.08. The largest absolute Gasteiger partial charge is 0.351 e. The molecule has 6 nitrogen and oxygen atoms in total. The molecule has 6 heteroatoms. The number of aromatic nitrogens is 3. The molecule has 0 saturated heterocycles. The normalized spacial score (nSPS) is 11.8. The molecule has 0 fully saturated rings. The first-order valence-electron chi connectivity index (χ1n) is 6.56. The predicted molar refractivity (Wildman–Crippen MR) is 76.6 cm³/mol. The molecule has 0 atom stereocenters. The van der Waals surface area contributed by atoms with E-state index < -0.39 is 5.41 Å². The van der Waals surface area contributed by atoms with Crippen molar-refractivity contribution in [1.29, 1.82) is 0 Å². The molecule has 0 aliphatic rings. The van der Waals surface area contributed by atoms with Gasteiger partial charge in [-0.2, -0.15) is 0 Å². The third-order valence-electron chi connectivity index (χ3n) is 3.13. The SMILES string of the molecule is Cc1cc(C)n2[nH]c(=O)c(CNC(=O)C(C)(C)C)c2n1. The van der Waals surface area contributed by atoms with Crippen LogP contribution in [-0.4, -0.2) is 20.5 Å². The average molecular weight is 276 g/mol. The maximum absolute atomic E-state index is 12.0. The minimum absolute atomic E-state index is 0.0966. The van der Waals surface area contributed by atoms with Crippen LogP contribution in [0.1, 0.15) is 37.7 Å². The van der Waals surface area contributed by atoms with Crippen LogP contribution < -0.4 is 10.9 Å². The number of hydrogen-bond acceptors (Lipinski definition) is 3. The Hall–Kier alpha value is -2.11. The molecule has 0 unspecified atom stereocenters. The van der Waals surface area contributed by atoms with E-state index in [2.05, 4.69) is 15.4 Å². The Morgan fingerprint density at radius 3 is 2.65 bits per heavy atom. The van der Waals surface area contributed by atoms with Crippen molar-refractivity contribution in [2.24, 2.45) is 5.41 Å². The van der Waals surface area contributed by atoms with Gasteiger partial charge in [0, 0.05) is 16.8 Å². The van der Waals surface area contributed by atoms with Crippen molar-refractivity contribution in [3.63, 3.8) is 0 Å². The molecule has 0 aliphatic heterocycles. The summed E-state index contributed by atoms with van der Waals surface area (Å²) in [6.45, 7) is 9.44. The van der Waals surface area contributed by atoms with Gasteiger partial charge in [0.25, 0.3) is 5.56 Å². The molecule has 0 bridgehead atoms. The molecule has 0 saturated carbocycles. The van der Waals surface area contributed by atoms with E-state index in [1.807, 2.05) is 40.7 Å². The number of carbonyl (C=O) groups is 1. The van der Waals surface area contributed by atoms with Crippen molar-refractivity contribution in [2.75, 3.05) is 0 Å². The van der Waals surface area contributed by atoms with E-state index in [0.717, 1.165) is 11.4 Å². The minimum atomic E-state index is -0.485. The van der Waals surface area contributed by atoms with Gasteiger partial charge >= 0.3 is 0 Å². The molecular formula is C14H20N4O2. The van der Waals surface area contributed by atoms with E-state index in [-0.39, 0.29) is 18.0 Å². The van der Waals surface area contributed by atoms with Crippen molar-refractivity contribution >= 4 is 11.6 Å². The second-order valence-electron chi connectivity index (χ2n) is 6.05. The van der Waals surface area contributed by atoms with Crippen LogP contribution in [0.2, 0.25) is 0 Å². The molecule has 2 aromatic rings. The van der Waals surface area contributed by atoms with Gasteiger partial charge in [-0.25, -0.2) is 9.50 Å². The van der Waals surface area contributed by atoms with Gasteiger partial charge in [0.05, 0.1) is 12.1 Å². The number of hydrogen-bond donors (Lipinski definition) is 2. The van der Waals surface area contributed by atoms with Crippen LogP contribution in [0.5, 0.6) is 0 Å². The summed E-state index contributed by atoms with van der Waals surface area (Å²) in [4.78, 5) is 28.3. The van der Waals surface area contributed by atoms with Gasteiger partial charge in [-0.05, 0) is 19.9 Å². The predicted octanol–water partition coefficient (Wildman–Crippen LogP) is 1.30. The Morgan fingerprint density at radius 2 is 2.05 bits per heavy atom. The Morgan fingerprint density at radius 1 is 1.40 bits per heavy atom. The van der Waals surface area contributed by atoms with Crippen molar-refractivity contribution in [1.82, 2.24) is 19.9 Å². The lowest BCUT2D eigenvalue weighted by molar-refractivity contribution is -0.128. The zero-order chi connectivity index (χ0) is 15.1. The van der Waals surface area contributed by atoms with Gasteiger partial charge in [0.2, 0.25) is 5.91 Å². The molecule has 2 heterocycles. The maximum atomic E-state index is 12.0. The highest BCUT2D eigenvalue weighted by Gasteiger charge is 2.22. The van der Waals surface area contributed by atoms with E-state index in [4.69, 9.17) is 0 Å². The summed E-state index contributed by atoms with van der Waals surface area (Å²) in [5.74, 6) is -0.0966. The lowest BCUT2D eigenvalue weighted by atomic mass is 9.96. The fourth-order valence-corrected chi connectivity index (χ4v) is 1.99. The first-order chi connectivity index (χ1) is 9.20. The van der Waals surface area contributed by atoms with Crippen LogP contribution in [0.15, 0.2) is 10.9 Å². The molecule has 2 N–H and O–H groups in total. The molecule has 1 amide bonds. The van der Waals surface area contributed by atoms with Gasteiger partial charge in [0.1, 0.15) is 0 Å². The van der Waals surface area contributed by atoms with Gasteiger partial charge in [-0.3, -0.25) is 14.7 Å². The second-order valence-corrected chi connectivity index (χ2v) is 6.05. The van der Waals surface area contributed by atoms with Crippen LogP contribution in [0.25, 0.3) is 5.65 Å². The third-order valence-corrected chi connectivity index (χ3v) is 3.13. The lowest BCUT2D eigenvalue weighted by Crippen LogP contribution is -2.35. The fraction of sp³-hybridized carbons (Fsp3) is 0.500. The van der Waals surface area contributed by atoms with Gasteiger partial charge < -0.3 is 5.32 Å². The summed E-state index contributed by atoms with van der Waals surface area (Å²) >= 11 is 0. The summed E-state index contributed by atoms with van der Waals surface area (Å²) in [7, 11) is 0. The summed E-state index contributed by atoms with van der Waals surface area (Å²) in [5, 5.41) is 5.52. The Kier molecular flexibility index (Phi) is 3.41. The highest BCUT2D eigenvalue weighted by Crippen LogP contribution is 2.13. The third kappa shape index (κ3) is 2.59. The smallest absolute Gasteiger partial charge is 0.271 e. The van der Waals surface area contributed by atoms with Crippen molar-refractivity contribution in [3.8, 4) is 0 Å². The standard InChI is InChI=1S/C14H20N4O2/c1-8-6-9(2)18-11(16-8)10(12(19)17-18)7-15-13(20)14(3,4)5/h6H,7H2,1-5H3,(H,15,20)(H,17,19). The molecule has 108 valence electrons. The van der Waals surface area contributed by atoms with Crippen LogP contribution in [-0.2, 0) is 11.3 Å². The Balaban J connectivity index is 2.38. The quantitative estimate of drug-likeness (QED) is 0.867. The Bertz CT molecular complexity index is 719. The number of nitrogens with zero attached hydrogens (tertiary/aromatic N) is 2. The van der Waals surface area contributed by atoms with Gasteiger partial charge in [0.15, 0.2) is 5.65 Å². The first kappa shape index (κ1) is 14.3. The molecule has 2 aromatic heterocycles. The number of amides is 1. The van der Waals surface area contributed by atoms with Crippen LogP contribution in [0.3, 0.4) is 0 Å². The lowest BCUT2D eigenvalue weighted by Gasteiger charge is -2.17. The topological polar surface area (TPSA) is 79.3 Å². The molecule has 2 rings (SSSR count). The number of aromatic amines is 1. The molecule has 0 radical (unpaired) electrons. The number of carbonyl (C=O) groups excluding carboxylic acids is 1. The van der Waals surface area contributed by atoms with E-state index >= 15 is 0 Å². The van der Waals surface area contributed by atoms with Gasteiger partial charge in [-0.15, -0.1) is 0 Å². The molecular weight excluding hydrogens is 256 g/mol. The maximum Gasteiger partial charge on any atom is 0.271 e. The molecule has 20 heavy (non-hydrogen) atoms. The van der Waals surface area contributed by atoms with Crippen molar-refractivity contribution in [3.05, 3.63) is 33.4 Å². The zero-order valence-electron chi connectivity index (χ0n) is 12.5. The van der Waals surface area contributed by atoms with Crippen molar-refractivity contribution in [2.45, 2.75) is 41.2 Å². The fourth-order valence-electron chi connectivity index (χ4n) is 1.99. The highest BCUT2D eigenvalue weighted by molar-refractivity contribution is 5.81. The van der Waals surface area contributed by atoms with Crippen LogP contribution >= 0.6 is 0 Å². The number of nitrogens with one attached hydrogen (secondary N) is 2. The molecule has 0 aromatic carbocycles. The summed E-state index contributed by atoms with van der Waals surface area (Å²) < 4.78 is 1.65. The monoisotopic (exact) mass is 276 g/mol.